The molecule has 74 valence electrons. The summed E-state index contributed by atoms with van der Waals surface area (Å²) >= 11 is 0. The van der Waals surface area contributed by atoms with Gasteiger partial charge in [0.2, 0.25) is 0 Å². The van der Waals surface area contributed by atoms with E-state index in [9.17, 15) is 0 Å². The molecule has 0 atom stereocenters. The summed E-state index contributed by atoms with van der Waals surface area (Å²) in [6, 6.07) is 8.81. The van der Waals surface area contributed by atoms with Gasteiger partial charge in [0.1, 0.15) is 12.3 Å². The normalized spacial score (nSPS) is 16.4. The molecule has 1 aliphatic heterocycles. The highest BCUT2D eigenvalue weighted by Gasteiger charge is 2.17. The molecule has 0 saturated heterocycles. The van der Waals surface area contributed by atoms with Gasteiger partial charge in [0.25, 0.3) is 0 Å². The molecule has 2 rings (SSSR count). The lowest BCUT2D eigenvalue weighted by Gasteiger charge is -2.01. The van der Waals surface area contributed by atoms with Crippen LogP contribution in [0.3, 0.4) is 0 Å². The van der Waals surface area contributed by atoms with Crippen molar-refractivity contribution in [1.29, 1.82) is 0 Å². The lowest BCUT2D eigenvalue weighted by molar-refractivity contribution is -0.536. The van der Waals surface area contributed by atoms with Crippen molar-refractivity contribution in [2.75, 3.05) is 6.54 Å². The summed E-state index contributed by atoms with van der Waals surface area (Å²) < 4.78 is 2.49. The van der Waals surface area contributed by atoms with Crippen molar-refractivity contribution in [1.82, 2.24) is 0 Å². The van der Waals surface area contributed by atoms with Gasteiger partial charge in [-0.2, -0.15) is 0 Å². The van der Waals surface area contributed by atoms with Crippen molar-refractivity contribution in [3.63, 3.8) is 0 Å². The molecule has 0 N–H and O–H groups in total. The summed E-state index contributed by atoms with van der Waals surface area (Å²) in [4.78, 5) is 0. The third-order valence-corrected chi connectivity index (χ3v) is 2.96. The van der Waals surface area contributed by atoms with Crippen LogP contribution in [0.15, 0.2) is 24.3 Å². The highest BCUT2D eigenvalue weighted by molar-refractivity contribution is 5.77. The fourth-order valence-corrected chi connectivity index (χ4v) is 2.12. The molecule has 1 nitrogen and oxygen atoms in total. The third-order valence-electron chi connectivity index (χ3n) is 2.96. The average molecular weight is 188 g/mol. The van der Waals surface area contributed by atoms with Crippen LogP contribution in [0.4, 0.5) is 0 Å². The molecule has 1 aliphatic rings. The molecule has 0 aromatic heterocycles. The number of benzene rings is 1. The van der Waals surface area contributed by atoms with E-state index in [-0.39, 0.29) is 0 Å². The van der Waals surface area contributed by atoms with Crippen LogP contribution >= 0.6 is 0 Å². The Morgan fingerprint density at radius 1 is 1.29 bits per heavy atom. The zero-order chi connectivity index (χ0) is 9.97. The van der Waals surface area contributed by atoms with Crippen LogP contribution in [0, 0.1) is 6.92 Å². The van der Waals surface area contributed by atoms with Gasteiger partial charge in [-0.15, -0.1) is 0 Å². The Bertz CT molecular complexity index is 363. The SMILES string of the molecule is CC1=[N+](Cc2cccc(C)c2)CCC1. The van der Waals surface area contributed by atoms with Crippen molar-refractivity contribution in [3.05, 3.63) is 35.4 Å². The van der Waals surface area contributed by atoms with Gasteiger partial charge in [-0.05, 0) is 13.0 Å². The van der Waals surface area contributed by atoms with Gasteiger partial charge in [-0.1, -0.05) is 23.8 Å². The molecule has 0 bridgehead atoms. The molecule has 0 unspecified atom stereocenters. The lowest BCUT2D eigenvalue weighted by atomic mass is 10.1. The second-order valence-corrected chi connectivity index (χ2v) is 4.25. The Balaban J connectivity index is 2.14. The summed E-state index contributed by atoms with van der Waals surface area (Å²) in [6.45, 7) is 6.74. The van der Waals surface area contributed by atoms with Crippen molar-refractivity contribution < 1.29 is 4.58 Å². The highest BCUT2D eigenvalue weighted by atomic mass is 15.0. The summed E-state index contributed by atoms with van der Waals surface area (Å²) in [5.41, 5.74) is 4.34. The van der Waals surface area contributed by atoms with Gasteiger partial charge < -0.3 is 0 Å². The molecule has 0 spiro atoms. The molecule has 0 aliphatic carbocycles. The fraction of sp³-hybridized carbons (Fsp3) is 0.462. The first-order valence-electron chi connectivity index (χ1n) is 5.38. The van der Waals surface area contributed by atoms with E-state index in [0.29, 0.717) is 0 Å². The number of nitrogens with zero attached hydrogens (tertiary/aromatic N) is 1. The first kappa shape index (κ1) is 9.45. The van der Waals surface area contributed by atoms with E-state index in [1.807, 2.05) is 0 Å². The molecule has 0 amide bonds. The van der Waals surface area contributed by atoms with Crippen LogP contribution in [-0.4, -0.2) is 16.8 Å². The third kappa shape index (κ3) is 2.03. The molecule has 1 aromatic carbocycles. The number of aryl methyl sites for hydroxylation is 1. The maximum absolute atomic E-state index is 2.49. The lowest BCUT2D eigenvalue weighted by Crippen LogP contribution is -2.12. The summed E-state index contributed by atoms with van der Waals surface area (Å²) in [5.74, 6) is 0. The molecule has 0 saturated carbocycles. The maximum atomic E-state index is 2.49. The van der Waals surface area contributed by atoms with E-state index < -0.39 is 0 Å². The van der Waals surface area contributed by atoms with Gasteiger partial charge in [0.05, 0.1) is 0 Å². The maximum Gasteiger partial charge on any atom is 0.168 e. The molecule has 0 radical (unpaired) electrons. The van der Waals surface area contributed by atoms with Crippen molar-refractivity contribution in [2.45, 2.75) is 33.2 Å². The van der Waals surface area contributed by atoms with E-state index >= 15 is 0 Å². The number of hydrogen-bond donors (Lipinski definition) is 0. The molecule has 14 heavy (non-hydrogen) atoms. The first-order chi connectivity index (χ1) is 6.75. The Labute approximate surface area is 86.1 Å². The van der Waals surface area contributed by atoms with E-state index in [0.717, 1.165) is 6.54 Å². The average Bonchev–Trinajstić information content (AvgIpc) is 2.52. The quantitative estimate of drug-likeness (QED) is 0.628. The Hall–Kier alpha value is -1.11. The van der Waals surface area contributed by atoms with Gasteiger partial charge >= 0.3 is 0 Å². The fourth-order valence-electron chi connectivity index (χ4n) is 2.12. The predicted molar refractivity (Wildman–Crippen MR) is 59.9 cm³/mol. The minimum atomic E-state index is 1.09. The first-order valence-corrected chi connectivity index (χ1v) is 5.38. The summed E-state index contributed by atoms with van der Waals surface area (Å²) in [5, 5.41) is 0. The van der Waals surface area contributed by atoms with Crippen LogP contribution in [0.2, 0.25) is 0 Å². The molecular formula is C13H18N+. The Morgan fingerprint density at radius 3 is 2.79 bits per heavy atom. The summed E-state index contributed by atoms with van der Waals surface area (Å²) in [6.07, 6.45) is 2.61. The smallest absolute Gasteiger partial charge is 0.168 e. The topological polar surface area (TPSA) is 3.01 Å². The zero-order valence-corrected chi connectivity index (χ0v) is 9.09. The Morgan fingerprint density at radius 2 is 2.14 bits per heavy atom. The van der Waals surface area contributed by atoms with Crippen LogP contribution < -0.4 is 0 Å². The molecule has 0 fully saturated rings. The highest BCUT2D eigenvalue weighted by Crippen LogP contribution is 2.10. The van der Waals surface area contributed by atoms with Crippen LogP contribution in [0.5, 0.6) is 0 Å². The van der Waals surface area contributed by atoms with Gasteiger partial charge in [-0.3, -0.25) is 0 Å². The van der Waals surface area contributed by atoms with Crippen molar-refractivity contribution in [3.8, 4) is 0 Å². The van der Waals surface area contributed by atoms with E-state index in [2.05, 4.69) is 42.7 Å². The number of rotatable bonds is 2. The minimum absolute atomic E-state index is 1.09. The van der Waals surface area contributed by atoms with Crippen LogP contribution in [-0.2, 0) is 6.54 Å². The van der Waals surface area contributed by atoms with E-state index in [4.69, 9.17) is 0 Å². The van der Waals surface area contributed by atoms with Gasteiger partial charge in [0.15, 0.2) is 6.54 Å². The number of hydrogen-bond acceptors (Lipinski definition) is 0. The summed E-state index contributed by atoms with van der Waals surface area (Å²) in [7, 11) is 0. The van der Waals surface area contributed by atoms with Gasteiger partial charge in [0, 0.05) is 25.3 Å². The Kier molecular flexibility index (Phi) is 2.67. The molecule has 1 heteroatoms. The standard InChI is InChI=1S/C13H18N/c1-11-5-3-7-13(9-11)10-14-8-4-6-12(14)2/h3,5,7,9H,4,6,8,10H2,1-2H3/q+1. The van der Waals surface area contributed by atoms with E-state index in [1.54, 1.807) is 5.71 Å². The van der Waals surface area contributed by atoms with E-state index in [1.165, 1.54) is 30.5 Å². The molecular weight excluding hydrogens is 170 g/mol. The van der Waals surface area contributed by atoms with Crippen molar-refractivity contribution >= 4 is 5.71 Å². The van der Waals surface area contributed by atoms with Crippen molar-refractivity contribution in [2.24, 2.45) is 0 Å². The van der Waals surface area contributed by atoms with Crippen LogP contribution in [0.25, 0.3) is 0 Å². The van der Waals surface area contributed by atoms with Gasteiger partial charge in [-0.25, -0.2) is 4.58 Å². The second-order valence-electron chi connectivity index (χ2n) is 4.25. The second kappa shape index (κ2) is 3.95. The molecule has 1 heterocycles. The largest absolute Gasteiger partial charge is 0.233 e. The molecule has 1 aromatic rings. The predicted octanol–water partition coefficient (Wildman–Crippen LogP) is 2.76. The zero-order valence-electron chi connectivity index (χ0n) is 9.09. The minimum Gasteiger partial charge on any atom is -0.233 e. The monoisotopic (exact) mass is 188 g/mol. The van der Waals surface area contributed by atoms with Crippen LogP contribution in [0.1, 0.15) is 30.9 Å².